The van der Waals surface area contributed by atoms with Gasteiger partial charge in [0.05, 0.1) is 11.6 Å². The van der Waals surface area contributed by atoms with E-state index in [1.807, 2.05) is 13.8 Å². The largest absolute Gasteiger partial charge is 0.491 e. The van der Waals surface area contributed by atoms with Crippen LogP contribution in [-0.4, -0.2) is 42.2 Å². The number of urea groups is 1. The van der Waals surface area contributed by atoms with Crippen LogP contribution in [0, 0.1) is 0 Å². The monoisotopic (exact) mass is 345 g/mol. The van der Waals surface area contributed by atoms with E-state index in [9.17, 15) is 18.0 Å². The minimum absolute atomic E-state index is 0.0206. The summed E-state index contributed by atoms with van der Waals surface area (Å²) >= 11 is 0. The number of carbonyl (C=O) groups excluding carboxylic acids is 1. The molecule has 1 aliphatic heterocycles. The number of benzene rings is 1. The van der Waals surface area contributed by atoms with Crippen LogP contribution in [0.5, 0.6) is 5.75 Å². The molecule has 1 saturated heterocycles. The lowest BCUT2D eigenvalue weighted by Crippen LogP contribution is -2.51. The van der Waals surface area contributed by atoms with Gasteiger partial charge in [-0.05, 0) is 44.5 Å². The Balaban J connectivity index is 2.02. The average molecular weight is 345 g/mol. The maximum absolute atomic E-state index is 12.5. The third kappa shape index (κ3) is 4.11. The van der Waals surface area contributed by atoms with Crippen molar-refractivity contribution in [2.45, 2.75) is 44.6 Å². The predicted molar refractivity (Wildman–Crippen MR) is 83.7 cm³/mol. The number of carbonyl (C=O) groups is 1. The van der Waals surface area contributed by atoms with Crippen LogP contribution in [0.15, 0.2) is 24.3 Å². The SMILES string of the molecule is CCNC(=O)N1[C@@H](C)C[C@H](N)[C@@H]1COc1ccc(C(F)(F)F)cc1. The summed E-state index contributed by atoms with van der Waals surface area (Å²) in [6, 6.07) is 3.67. The van der Waals surface area contributed by atoms with E-state index in [1.54, 1.807) is 4.90 Å². The van der Waals surface area contributed by atoms with E-state index < -0.39 is 11.7 Å². The van der Waals surface area contributed by atoms with Crippen LogP contribution >= 0.6 is 0 Å². The van der Waals surface area contributed by atoms with Crippen LogP contribution in [0.3, 0.4) is 0 Å². The summed E-state index contributed by atoms with van der Waals surface area (Å²) in [5.41, 5.74) is 5.36. The first-order chi connectivity index (χ1) is 11.2. The number of rotatable bonds is 4. The number of nitrogens with one attached hydrogen (secondary N) is 1. The lowest BCUT2D eigenvalue weighted by atomic mass is 10.1. The van der Waals surface area contributed by atoms with E-state index in [1.165, 1.54) is 12.1 Å². The first-order valence-corrected chi connectivity index (χ1v) is 7.85. The van der Waals surface area contributed by atoms with E-state index >= 15 is 0 Å². The standard InChI is InChI=1S/C16H22F3N3O2/c1-3-21-15(23)22-10(2)8-13(20)14(22)9-24-12-6-4-11(5-7-12)16(17,18)19/h4-7,10,13-14H,3,8-9,20H2,1-2H3,(H,21,23)/t10-,13-,14-/m0/s1. The number of nitrogens with two attached hydrogens (primary N) is 1. The zero-order valence-corrected chi connectivity index (χ0v) is 13.6. The van der Waals surface area contributed by atoms with Crippen LogP contribution < -0.4 is 15.8 Å². The second-order valence-electron chi connectivity index (χ2n) is 5.89. The van der Waals surface area contributed by atoms with Crippen molar-refractivity contribution in [1.82, 2.24) is 10.2 Å². The minimum Gasteiger partial charge on any atom is -0.491 e. The molecule has 1 fully saturated rings. The van der Waals surface area contributed by atoms with Gasteiger partial charge in [-0.1, -0.05) is 0 Å². The number of halogens is 3. The summed E-state index contributed by atoms with van der Waals surface area (Å²) in [6.45, 7) is 4.37. The summed E-state index contributed by atoms with van der Waals surface area (Å²) in [7, 11) is 0. The molecule has 0 aromatic heterocycles. The van der Waals surface area contributed by atoms with Crippen LogP contribution in [0.1, 0.15) is 25.8 Å². The highest BCUT2D eigenvalue weighted by atomic mass is 19.4. The molecule has 0 bridgehead atoms. The fraction of sp³-hybridized carbons (Fsp3) is 0.562. The van der Waals surface area contributed by atoms with Crippen molar-refractivity contribution in [3.63, 3.8) is 0 Å². The molecule has 24 heavy (non-hydrogen) atoms. The zero-order chi connectivity index (χ0) is 17.9. The molecule has 2 rings (SSSR count). The third-order valence-electron chi connectivity index (χ3n) is 4.10. The number of nitrogens with zero attached hydrogens (tertiary/aromatic N) is 1. The number of hydrogen-bond donors (Lipinski definition) is 2. The Bertz CT molecular complexity index is 563. The fourth-order valence-electron chi connectivity index (χ4n) is 2.92. The molecule has 8 heteroatoms. The van der Waals surface area contributed by atoms with Crippen molar-refractivity contribution < 1.29 is 22.7 Å². The highest BCUT2D eigenvalue weighted by Crippen LogP contribution is 2.30. The Morgan fingerprint density at radius 2 is 2.00 bits per heavy atom. The molecule has 5 nitrogen and oxygen atoms in total. The molecule has 1 aromatic rings. The Morgan fingerprint density at radius 3 is 2.54 bits per heavy atom. The Kier molecular flexibility index (Phi) is 5.58. The molecule has 1 aromatic carbocycles. The summed E-state index contributed by atoms with van der Waals surface area (Å²) < 4.78 is 43.2. The van der Waals surface area contributed by atoms with Gasteiger partial charge in [-0.2, -0.15) is 13.2 Å². The number of alkyl halides is 3. The summed E-state index contributed by atoms with van der Waals surface area (Å²) in [4.78, 5) is 13.8. The van der Waals surface area contributed by atoms with Gasteiger partial charge < -0.3 is 20.7 Å². The highest BCUT2D eigenvalue weighted by Gasteiger charge is 2.40. The maximum atomic E-state index is 12.5. The molecular formula is C16H22F3N3O2. The zero-order valence-electron chi connectivity index (χ0n) is 13.6. The van der Waals surface area contributed by atoms with Gasteiger partial charge in [0.1, 0.15) is 12.4 Å². The predicted octanol–water partition coefficient (Wildman–Crippen LogP) is 2.60. The fourth-order valence-corrected chi connectivity index (χ4v) is 2.92. The number of amides is 2. The molecule has 1 aliphatic rings. The molecule has 3 atom stereocenters. The van der Waals surface area contributed by atoms with E-state index in [-0.39, 0.29) is 30.8 Å². The molecule has 0 unspecified atom stereocenters. The Hall–Kier alpha value is -1.96. The van der Waals surface area contributed by atoms with Gasteiger partial charge in [-0.15, -0.1) is 0 Å². The van der Waals surface area contributed by atoms with Gasteiger partial charge >= 0.3 is 12.2 Å². The van der Waals surface area contributed by atoms with Crippen molar-refractivity contribution in [3.8, 4) is 5.75 Å². The first-order valence-electron chi connectivity index (χ1n) is 7.85. The molecule has 2 amide bonds. The van der Waals surface area contributed by atoms with Crippen molar-refractivity contribution in [1.29, 1.82) is 0 Å². The molecule has 1 heterocycles. The smallest absolute Gasteiger partial charge is 0.416 e. The van der Waals surface area contributed by atoms with Crippen molar-refractivity contribution in [2.75, 3.05) is 13.2 Å². The third-order valence-corrected chi connectivity index (χ3v) is 4.10. The molecule has 0 radical (unpaired) electrons. The van der Waals surface area contributed by atoms with E-state index in [4.69, 9.17) is 10.5 Å². The normalized spacial score (nSPS) is 24.1. The van der Waals surface area contributed by atoms with Gasteiger partial charge in [-0.3, -0.25) is 0 Å². The molecular weight excluding hydrogens is 323 g/mol. The molecule has 134 valence electrons. The summed E-state index contributed by atoms with van der Waals surface area (Å²) in [5.74, 6) is 0.311. The molecule has 3 N–H and O–H groups in total. The van der Waals surface area contributed by atoms with Crippen molar-refractivity contribution in [3.05, 3.63) is 29.8 Å². The first kappa shape index (κ1) is 18.4. The van der Waals surface area contributed by atoms with Crippen LogP contribution in [0.4, 0.5) is 18.0 Å². The quantitative estimate of drug-likeness (QED) is 0.881. The molecule has 0 aliphatic carbocycles. The number of likely N-dealkylation sites (tertiary alicyclic amines) is 1. The van der Waals surface area contributed by atoms with E-state index in [2.05, 4.69) is 5.32 Å². The van der Waals surface area contributed by atoms with Gasteiger partial charge in [0.2, 0.25) is 0 Å². The Labute approximate surface area is 138 Å². The van der Waals surface area contributed by atoms with Crippen LogP contribution in [0.2, 0.25) is 0 Å². The molecule has 0 saturated carbocycles. The van der Waals surface area contributed by atoms with Gasteiger partial charge in [0.15, 0.2) is 0 Å². The highest BCUT2D eigenvalue weighted by molar-refractivity contribution is 5.75. The van der Waals surface area contributed by atoms with Crippen LogP contribution in [-0.2, 0) is 6.18 Å². The van der Waals surface area contributed by atoms with E-state index in [0.29, 0.717) is 18.7 Å². The average Bonchev–Trinajstić information content (AvgIpc) is 2.78. The Morgan fingerprint density at radius 1 is 1.38 bits per heavy atom. The lowest BCUT2D eigenvalue weighted by Gasteiger charge is -2.29. The number of hydrogen-bond acceptors (Lipinski definition) is 3. The van der Waals surface area contributed by atoms with Crippen molar-refractivity contribution in [2.24, 2.45) is 5.73 Å². The summed E-state index contributed by atoms with van der Waals surface area (Å²) in [5, 5.41) is 2.74. The number of ether oxygens (including phenoxy) is 1. The minimum atomic E-state index is -4.38. The van der Waals surface area contributed by atoms with Crippen LogP contribution in [0.25, 0.3) is 0 Å². The lowest BCUT2D eigenvalue weighted by molar-refractivity contribution is -0.137. The second kappa shape index (κ2) is 7.29. The maximum Gasteiger partial charge on any atom is 0.416 e. The van der Waals surface area contributed by atoms with Crippen molar-refractivity contribution >= 4 is 6.03 Å². The topological polar surface area (TPSA) is 67.6 Å². The second-order valence-corrected chi connectivity index (χ2v) is 5.89. The van der Waals surface area contributed by atoms with Gasteiger partial charge in [0, 0.05) is 18.6 Å². The van der Waals surface area contributed by atoms with Gasteiger partial charge in [0.25, 0.3) is 0 Å². The van der Waals surface area contributed by atoms with Gasteiger partial charge in [-0.25, -0.2) is 4.79 Å². The van der Waals surface area contributed by atoms with E-state index in [0.717, 1.165) is 12.1 Å². The summed E-state index contributed by atoms with van der Waals surface area (Å²) in [6.07, 6.45) is -3.73. The molecule has 0 spiro atoms.